The van der Waals surface area contributed by atoms with Crippen LogP contribution in [0.4, 0.5) is 0 Å². The van der Waals surface area contributed by atoms with Gasteiger partial charge in [-0.1, -0.05) is 6.08 Å². The Balaban J connectivity index is 0.00000186. The summed E-state index contributed by atoms with van der Waals surface area (Å²) >= 11 is 0. The summed E-state index contributed by atoms with van der Waals surface area (Å²) in [5, 5.41) is 19.9. The molecule has 0 atom stereocenters. The van der Waals surface area contributed by atoms with Gasteiger partial charge in [-0.05, 0) is 75.7 Å². The lowest BCUT2D eigenvalue weighted by atomic mass is 10.2. The molecular weight excluding hydrogens is 584 g/mol. The second-order valence-electron chi connectivity index (χ2n) is 14.0. The number of esters is 3. The van der Waals surface area contributed by atoms with E-state index in [-0.39, 0.29) is 49.7 Å². The van der Waals surface area contributed by atoms with Crippen molar-refractivity contribution in [3.63, 3.8) is 0 Å². The van der Waals surface area contributed by atoms with Crippen LogP contribution in [0.3, 0.4) is 0 Å². The van der Waals surface area contributed by atoms with Gasteiger partial charge in [0.15, 0.2) is 0 Å². The van der Waals surface area contributed by atoms with E-state index in [1.54, 1.807) is 0 Å². The van der Waals surface area contributed by atoms with E-state index in [4.69, 9.17) is 24.4 Å². The highest BCUT2D eigenvalue weighted by Gasteiger charge is 2.24. The number of carboxylic acids is 1. The lowest BCUT2D eigenvalue weighted by Gasteiger charge is -2.32. The van der Waals surface area contributed by atoms with Crippen LogP contribution in [0.2, 0.25) is 0 Å². The molecule has 1 aliphatic heterocycles. The van der Waals surface area contributed by atoms with E-state index in [0.717, 1.165) is 0 Å². The molecule has 1 heterocycles. The molecule has 1 saturated heterocycles. The second-order valence-corrected chi connectivity index (χ2v) is 14.0. The average molecular weight is 645 g/mol. The predicted molar refractivity (Wildman–Crippen MR) is 173 cm³/mol. The maximum atomic E-state index is 12.6. The fourth-order valence-electron chi connectivity index (χ4n) is 4.01. The molecule has 262 valence electrons. The van der Waals surface area contributed by atoms with Crippen LogP contribution < -0.4 is 5.32 Å². The zero-order valence-electron chi connectivity index (χ0n) is 29.4. The number of hydrogen-bond acceptors (Lipinski definition) is 12. The molecule has 0 bridgehead atoms. The molecule has 0 aromatic heterocycles. The quantitative estimate of drug-likeness (QED) is 0.190. The van der Waals surface area contributed by atoms with Crippen LogP contribution in [0.25, 0.3) is 0 Å². The number of rotatable bonds is 9. The van der Waals surface area contributed by atoms with Gasteiger partial charge in [-0.15, -0.1) is 0 Å². The Kier molecular flexibility index (Phi) is 19.3. The number of aliphatic carboxylic acids is 1. The first-order chi connectivity index (χ1) is 20.6. The minimum atomic E-state index is -0.927. The number of nitrogens with one attached hydrogen (secondary N) is 1. The van der Waals surface area contributed by atoms with Crippen molar-refractivity contribution in [3.05, 3.63) is 11.6 Å². The second kappa shape index (κ2) is 20.5. The van der Waals surface area contributed by atoms with Gasteiger partial charge < -0.3 is 29.7 Å². The number of carbonyl (C=O) groups is 4. The zero-order chi connectivity index (χ0) is 34.8. The number of aliphatic hydroxyl groups excluding tert-OH is 1. The summed E-state index contributed by atoms with van der Waals surface area (Å²) in [7, 11) is 0. The Bertz CT molecular complexity index is 906. The van der Waals surface area contributed by atoms with Gasteiger partial charge in [0.1, 0.15) is 16.8 Å². The maximum Gasteiger partial charge on any atom is 0.330 e. The minimum absolute atomic E-state index is 0.00458. The third-order valence-corrected chi connectivity index (χ3v) is 5.91. The lowest BCUT2D eigenvalue weighted by molar-refractivity contribution is -0.158. The number of carbonyl (C=O) groups excluding carboxylic acids is 3. The highest BCUT2D eigenvalue weighted by molar-refractivity contribution is 5.85. The van der Waals surface area contributed by atoms with Gasteiger partial charge in [0, 0.05) is 64.5 Å². The third-order valence-electron chi connectivity index (χ3n) is 5.91. The third kappa shape index (κ3) is 25.3. The molecule has 0 radical (unpaired) electrons. The number of carboxylic acid groups (broad SMARTS) is 1. The van der Waals surface area contributed by atoms with Crippen molar-refractivity contribution >= 4 is 23.9 Å². The molecule has 0 aromatic carbocycles. The van der Waals surface area contributed by atoms with Gasteiger partial charge in [0.2, 0.25) is 0 Å². The van der Waals surface area contributed by atoms with Crippen molar-refractivity contribution in [2.24, 2.45) is 0 Å². The summed E-state index contributed by atoms with van der Waals surface area (Å²) < 4.78 is 16.6. The lowest BCUT2D eigenvalue weighted by Crippen LogP contribution is -2.48. The molecular formula is C32H60N4O9. The molecule has 3 N–H and O–H groups in total. The molecule has 0 spiro atoms. The average Bonchev–Trinajstić information content (AvgIpc) is 2.84. The fourth-order valence-corrected chi connectivity index (χ4v) is 4.01. The van der Waals surface area contributed by atoms with Gasteiger partial charge in [0.05, 0.1) is 19.6 Å². The highest BCUT2D eigenvalue weighted by atomic mass is 16.6. The molecule has 45 heavy (non-hydrogen) atoms. The van der Waals surface area contributed by atoms with Gasteiger partial charge in [-0.25, -0.2) is 4.79 Å². The van der Waals surface area contributed by atoms with E-state index in [2.05, 4.69) is 5.32 Å². The number of ether oxygens (including phenoxy) is 3. The first-order valence-corrected chi connectivity index (χ1v) is 15.6. The van der Waals surface area contributed by atoms with Crippen LogP contribution >= 0.6 is 0 Å². The first kappa shape index (κ1) is 42.4. The predicted octanol–water partition coefficient (Wildman–Crippen LogP) is 1.92. The Hall–Kier alpha value is -2.58. The number of hydrogen-bond donors (Lipinski definition) is 3. The molecule has 0 aromatic rings. The highest BCUT2D eigenvalue weighted by Crippen LogP contribution is 2.10. The van der Waals surface area contributed by atoms with Crippen molar-refractivity contribution < 1.29 is 43.6 Å². The van der Waals surface area contributed by atoms with Crippen LogP contribution in [0.1, 0.15) is 75.7 Å². The Morgan fingerprint density at radius 3 is 1.22 bits per heavy atom. The monoisotopic (exact) mass is 644 g/mol. The minimum Gasteiger partial charge on any atom is -0.478 e. The standard InChI is InChI=1S/C26H50N4O6.C6H10O3/c1-24(2,3)34-21(31)18-28-12-10-27-11-13-29(19-22(32)35-25(4,5)6)15-17-30(16-14-28)20-23(33)36-26(7,8)9;1-5(6(8)9)3-2-4-7/h27H,10-20H2,1-9H3;3,7H,2,4H2,1H3,(H,8,9). The molecule has 0 amide bonds. The summed E-state index contributed by atoms with van der Waals surface area (Å²) in [6, 6.07) is 0. The van der Waals surface area contributed by atoms with Crippen LogP contribution in [-0.4, -0.2) is 144 Å². The van der Waals surface area contributed by atoms with Gasteiger partial charge >= 0.3 is 23.9 Å². The Morgan fingerprint density at radius 2 is 0.956 bits per heavy atom. The van der Waals surface area contributed by atoms with Crippen molar-refractivity contribution in [2.75, 3.05) is 78.6 Å². The molecule has 13 heteroatoms. The Labute approximate surface area is 270 Å². The fraction of sp³-hybridized carbons (Fsp3) is 0.812. The van der Waals surface area contributed by atoms with Crippen molar-refractivity contribution in [1.82, 2.24) is 20.0 Å². The van der Waals surface area contributed by atoms with Crippen molar-refractivity contribution in [1.29, 1.82) is 0 Å². The first-order valence-electron chi connectivity index (χ1n) is 15.6. The van der Waals surface area contributed by atoms with Crippen LogP contribution in [0.15, 0.2) is 11.6 Å². The number of aliphatic hydroxyl groups is 1. The summed E-state index contributed by atoms with van der Waals surface area (Å²) in [5.74, 6) is -1.76. The largest absolute Gasteiger partial charge is 0.478 e. The molecule has 1 fully saturated rings. The van der Waals surface area contributed by atoms with Crippen LogP contribution in [-0.2, 0) is 33.4 Å². The van der Waals surface area contributed by atoms with Crippen LogP contribution in [0.5, 0.6) is 0 Å². The summed E-state index contributed by atoms with van der Waals surface area (Å²) in [6.07, 6.45) is 1.90. The van der Waals surface area contributed by atoms with E-state index in [9.17, 15) is 19.2 Å². The van der Waals surface area contributed by atoms with Crippen molar-refractivity contribution in [2.45, 2.75) is 92.5 Å². The maximum absolute atomic E-state index is 12.6. The van der Waals surface area contributed by atoms with E-state index >= 15 is 0 Å². The van der Waals surface area contributed by atoms with E-state index in [1.165, 1.54) is 13.0 Å². The normalized spacial score (nSPS) is 17.2. The zero-order valence-corrected chi connectivity index (χ0v) is 29.4. The van der Waals surface area contributed by atoms with Crippen LogP contribution in [0, 0.1) is 0 Å². The molecule has 13 nitrogen and oxygen atoms in total. The van der Waals surface area contributed by atoms with Gasteiger partial charge in [-0.3, -0.25) is 29.1 Å². The van der Waals surface area contributed by atoms with E-state index in [0.29, 0.717) is 58.8 Å². The summed E-state index contributed by atoms with van der Waals surface area (Å²) in [6.45, 7) is 23.7. The molecule has 0 aliphatic carbocycles. The summed E-state index contributed by atoms with van der Waals surface area (Å²) in [4.78, 5) is 53.6. The van der Waals surface area contributed by atoms with Gasteiger partial charge in [0.25, 0.3) is 0 Å². The summed E-state index contributed by atoms with van der Waals surface area (Å²) in [5.41, 5.74) is -1.37. The smallest absolute Gasteiger partial charge is 0.330 e. The van der Waals surface area contributed by atoms with Gasteiger partial charge in [-0.2, -0.15) is 0 Å². The Morgan fingerprint density at radius 1 is 0.644 bits per heavy atom. The van der Waals surface area contributed by atoms with E-state index in [1.807, 2.05) is 77.0 Å². The molecule has 0 unspecified atom stereocenters. The van der Waals surface area contributed by atoms with E-state index < -0.39 is 22.8 Å². The molecule has 1 aliphatic rings. The SMILES string of the molecule is CC(=CCCO)C(=O)O.CC(C)(C)OC(=O)CN1CCNCCN(CC(=O)OC(C)(C)C)CCN(CC(=O)OC(C)(C)C)CC1. The number of nitrogens with zero attached hydrogens (tertiary/aromatic N) is 3. The van der Waals surface area contributed by atoms with Crippen molar-refractivity contribution in [3.8, 4) is 0 Å². The topological polar surface area (TPSA) is 158 Å². The molecule has 1 rings (SSSR count). The molecule has 0 saturated carbocycles.